The van der Waals surface area contributed by atoms with E-state index >= 15 is 0 Å². The second kappa shape index (κ2) is 5.25. The number of hydrogen-bond donors (Lipinski definition) is 1. The van der Waals surface area contributed by atoms with Crippen LogP contribution in [0.25, 0.3) is 22.8 Å². The van der Waals surface area contributed by atoms with Gasteiger partial charge in [0.25, 0.3) is 5.89 Å². The Labute approximate surface area is 126 Å². The Kier molecular flexibility index (Phi) is 3.42. The minimum absolute atomic E-state index is 0.0126. The normalized spacial score (nSPS) is 10.8. The lowest BCUT2D eigenvalue weighted by Gasteiger charge is -1.99. The maximum atomic E-state index is 13.3. The second-order valence-corrected chi connectivity index (χ2v) is 5.06. The Balaban J connectivity index is 2.06. The molecule has 21 heavy (non-hydrogen) atoms. The molecule has 0 bridgehead atoms. The first-order chi connectivity index (χ1) is 10.0. The fourth-order valence-electron chi connectivity index (χ4n) is 1.80. The average Bonchev–Trinajstić information content (AvgIpc) is 2.91. The number of phenols is 1. The van der Waals surface area contributed by atoms with Gasteiger partial charge in [0, 0.05) is 16.1 Å². The summed E-state index contributed by atoms with van der Waals surface area (Å²) in [5.74, 6) is -1.17. The molecule has 0 fully saturated rings. The zero-order chi connectivity index (χ0) is 15.0. The van der Waals surface area contributed by atoms with Crippen molar-refractivity contribution in [2.24, 2.45) is 0 Å². The van der Waals surface area contributed by atoms with Crippen molar-refractivity contribution in [3.8, 4) is 28.6 Å². The summed E-state index contributed by atoms with van der Waals surface area (Å²) in [6.07, 6.45) is 0. The van der Waals surface area contributed by atoms with Crippen LogP contribution >= 0.6 is 15.9 Å². The van der Waals surface area contributed by atoms with Crippen molar-refractivity contribution in [3.05, 3.63) is 52.5 Å². The zero-order valence-corrected chi connectivity index (χ0v) is 11.9. The summed E-state index contributed by atoms with van der Waals surface area (Å²) < 4.78 is 31.9. The SMILES string of the molecule is Oc1cc(F)ccc1-c1nc(-c2cc(F)ccc2Br)no1. The minimum Gasteiger partial charge on any atom is -0.507 e. The molecule has 0 spiro atoms. The molecule has 0 atom stereocenters. The van der Waals surface area contributed by atoms with Gasteiger partial charge < -0.3 is 9.63 Å². The van der Waals surface area contributed by atoms with Crippen LogP contribution in [0.4, 0.5) is 8.78 Å². The summed E-state index contributed by atoms with van der Waals surface area (Å²) in [7, 11) is 0. The topological polar surface area (TPSA) is 59.2 Å². The maximum absolute atomic E-state index is 13.3. The van der Waals surface area contributed by atoms with E-state index in [0.717, 1.165) is 12.1 Å². The Morgan fingerprint density at radius 2 is 1.71 bits per heavy atom. The molecule has 106 valence electrons. The summed E-state index contributed by atoms with van der Waals surface area (Å²) in [6, 6.07) is 7.50. The predicted molar refractivity (Wildman–Crippen MR) is 74.5 cm³/mol. The van der Waals surface area contributed by atoms with E-state index in [1.54, 1.807) is 0 Å². The largest absolute Gasteiger partial charge is 0.507 e. The van der Waals surface area contributed by atoms with Crippen LogP contribution in [0.3, 0.4) is 0 Å². The van der Waals surface area contributed by atoms with Crippen molar-refractivity contribution in [2.75, 3.05) is 0 Å². The highest BCUT2D eigenvalue weighted by Crippen LogP contribution is 2.32. The molecule has 2 aromatic carbocycles. The van der Waals surface area contributed by atoms with Gasteiger partial charge in [0.2, 0.25) is 5.82 Å². The highest BCUT2D eigenvalue weighted by Gasteiger charge is 2.16. The fraction of sp³-hybridized carbons (Fsp3) is 0. The molecule has 1 aromatic heterocycles. The molecule has 0 aliphatic carbocycles. The molecule has 0 radical (unpaired) electrons. The van der Waals surface area contributed by atoms with Crippen LogP contribution in [-0.4, -0.2) is 15.2 Å². The van der Waals surface area contributed by atoms with Crippen LogP contribution in [0.5, 0.6) is 5.75 Å². The first-order valence-corrected chi connectivity index (χ1v) is 6.62. The van der Waals surface area contributed by atoms with E-state index in [1.165, 1.54) is 24.3 Å². The third-order valence-electron chi connectivity index (χ3n) is 2.79. The highest BCUT2D eigenvalue weighted by atomic mass is 79.9. The van der Waals surface area contributed by atoms with E-state index in [-0.39, 0.29) is 23.0 Å². The first-order valence-electron chi connectivity index (χ1n) is 5.82. The van der Waals surface area contributed by atoms with Gasteiger partial charge in [-0.3, -0.25) is 0 Å². The third kappa shape index (κ3) is 2.64. The summed E-state index contributed by atoms with van der Waals surface area (Å²) in [5, 5.41) is 13.4. The summed E-state index contributed by atoms with van der Waals surface area (Å²) in [4.78, 5) is 4.09. The van der Waals surface area contributed by atoms with Crippen LogP contribution in [0.1, 0.15) is 0 Å². The lowest BCUT2D eigenvalue weighted by Crippen LogP contribution is -1.85. The number of aromatic hydroxyl groups is 1. The fourth-order valence-corrected chi connectivity index (χ4v) is 2.22. The van der Waals surface area contributed by atoms with Gasteiger partial charge >= 0.3 is 0 Å². The van der Waals surface area contributed by atoms with Crippen LogP contribution < -0.4 is 0 Å². The van der Waals surface area contributed by atoms with E-state index in [4.69, 9.17) is 4.52 Å². The van der Waals surface area contributed by atoms with Crippen LogP contribution in [0.15, 0.2) is 45.4 Å². The van der Waals surface area contributed by atoms with Crippen LogP contribution in [0, 0.1) is 11.6 Å². The number of aromatic nitrogens is 2. The highest BCUT2D eigenvalue weighted by molar-refractivity contribution is 9.10. The van der Waals surface area contributed by atoms with Crippen molar-refractivity contribution in [3.63, 3.8) is 0 Å². The van der Waals surface area contributed by atoms with E-state index in [1.807, 2.05) is 0 Å². The zero-order valence-electron chi connectivity index (χ0n) is 10.3. The molecule has 4 nitrogen and oxygen atoms in total. The van der Waals surface area contributed by atoms with Crippen molar-refractivity contribution in [1.82, 2.24) is 10.1 Å². The molecule has 3 rings (SSSR count). The molecule has 1 N–H and O–H groups in total. The maximum Gasteiger partial charge on any atom is 0.262 e. The van der Waals surface area contributed by atoms with Gasteiger partial charge in [0.1, 0.15) is 17.4 Å². The van der Waals surface area contributed by atoms with Gasteiger partial charge in [-0.05, 0) is 30.3 Å². The van der Waals surface area contributed by atoms with E-state index in [9.17, 15) is 13.9 Å². The Hall–Kier alpha value is -2.28. The van der Waals surface area contributed by atoms with Crippen LogP contribution in [0.2, 0.25) is 0 Å². The summed E-state index contributed by atoms with van der Waals surface area (Å²) in [5.41, 5.74) is 0.606. The molecule has 7 heteroatoms. The molecule has 0 aliphatic rings. The first kappa shape index (κ1) is 13.7. The number of rotatable bonds is 2. The standard InChI is InChI=1S/C14H7BrF2N2O2/c15-11-4-2-7(16)5-10(11)13-18-14(21-19-13)9-3-1-8(17)6-12(9)20/h1-6,20H. The average molecular weight is 353 g/mol. The monoisotopic (exact) mass is 352 g/mol. The van der Waals surface area contributed by atoms with E-state index in [0.29, 0.717) is 10.0 Å². The van der Waals surface area contributed by atoms with Gasteiger partial charge in [-0.1, -0.05) is 21.1 Å². The molecule has 0 unspecified atom stereocenters. The van der Waals surface area contributed by atoms with Gasteiger partial charge in [-0.25, -0.2) is 8.78 Å². The lowest BCUT2D eigenvalue weighted by molar-refractivity contribution is 0.425. The van der Waals surface area contributed by atoms with E-state index < -0.39 is 11.6 Å². The lowest BCUT2D eigenvalue weighted by atomic mass is 10.2. The Morgan fingerprint density at radius 1 is 1.00 bits per heavy atom. The van der Waals surface area contributed by atoms with Crippen LogP contribution in [-0.2, 0) is 0 Å². The number of halogens is 3. The number of benzene rings is 2. The third-order valence-corrected chi connectivity index (χ3v) is 3.48. The number of hydrogen-bond acceptors (Lipinski definition) is 4. The molecule has 0 saturated carbocycles. The summed E-state index contributed by atoms with van der Waals surface area (Å²) >= 11 is 3.27. The molecular weight excluding hydrogens is 346 g/mol. The van der Waals surface area contributed by atoms with Gasteiger partial charge in [0.15, 0.2) is 0 Å². The second-order valence-electron chi connectivity index (χ2n) is 4.21. The van der Waals surface area contributed by atoms with Gasteiger partial charge in [-0.2, -0.15) is 4.98 Å². The van der Waals surface area contributed by atoms with E-state index in [2.05, 4.69) is 26.1 Å². The minimum atomic E-state index is -0.580. The molecule has 0 aliphatic heterocycles. The van der Waals surface area contributed by atoms with Crippen molar-refractivity contribution >= 4 is 15.9 Å². The molecular formula is C14H7BrF2N2O2. The van der Waals surface area contributed by atoms with Gasteiger partial charge in [0.05, 0.1) is 5.56 Å². The molecule has 0 saturated heterocycles. The Bertz CT molecular complexity index is 820. The van der Waals surface area contributed by atoms with Crippen molar-refractivity contribution < 1.29 is 18.4 Å². The number of nitrogens with zero attached hydrogens (tertiary/aromatic N) is 2. The van der Waals surface area contributed by atoms with Gasteiger partial charge in [-0.15, -0.1) is 0 Å². The molecule has 0 amide bonds. The van der Waals surface area contributed by atoms with Crippen molar-refractivity contribution in [2.45, 2.75) is 0 Å². The van der Waals surface area contributed by atoms with Crippen molar-refractivity contribution in [1.29, 1.82) is 0 Å². The Morgan fingerprint density at radius 3 is 2.48 bits per heavy atom. The molecule has 1 heterocycles. The smallest absolute Gasteiger partial charge is 0.262 e. The number of phenolic OH excluding ortho intramolecular Hbond substituents is 1. The quantitative estimate of drug-likeness (QED) is 0.752. The molecule has 3 aromatic rings. The summed E-state index contributed by atoms with van der Waals surface area (Å²) in [6.45, 7) is 0. The predicted octanol–water partition coefficient (Wildman–Crippen LogP) is 4.15.